The molecule has 1 aromatic heterocycles. The first-order valence-corrected chi connectivity index (χ1v) is 8.62. The molecule has 0 radical (unpaired) electrons. The molecule has 1 aromatic carbocycles. The minimum absolute atomic E-state index is 0.00623. The van der Waals surface area contributed by atoms with E-state index in [4.69, 9.17) is 4.74 Å². The average molecular weight is 340 g/mol. The number of piperazine rings is 1. The molecule has 2 atom stereocenters. The van der Waals surface area contributed by atoms with Gasteiger partial charge >= 0.3 is 6.03 Å². The Morgan fingerprint density at radius 3 is 2.64 bits per heavy atom. The van der Waals surface area contributed by atoms with Crippen LogP contribution in [-0.2, 0) is 0 Å². The maximum absolute atomic E-state index is 12.6. The first kappa shape index (κ1) is 17.2. The molecule has 0 saturated carbocycles. The van der Waals surface area contributed by atoms with Crippen LogP contribution in [0.15, 0.2) is 54.9 Å². The molecule has 132 valence electrons. The Morgan fingerprint density at radius 2 is 1.96 bits per heavy atom. The fraction of sp³-hybridized carbons (Fsp3) is 0.368. The number of urea groups is 1. The van der Waals surface area contributed by atoms with Crippen LogP contribution >= 0.6 is 0 Å². The van der Waals surface area contributed by atoms with Crippen molar-refractivity contribution < 1.29 is 9.53 Å². The Bertz CT molecular complexity index is 660. The number of ether oxygens (including phenoxy) is 1. The maximum Gasteiger partial charge on any atom is 0.320 e. The molecule has 0 aliphatic carbocycles. The van der Waals surface area contributed by atoms with Crippen molar-refractivity contribution in [1.29, 1.82) is 0 Å². The summed E-state index contributed by atoms with van der Waals surface area (Å²) >= 11 is 0. The second kappa shape index (κ2) is 8.48. The Hall–Kier alpha value is -2.60. The molecule has 25 heavy (non-hydrogen) atoms. The summed E-state index contributed by atoms with van der Waals surface area (Å²) in [5.74, 6) is 0.629. The van der Waals surface area contributed by atoms with E-state index in [0.29, 0.717) is 18.8 Å². The van der Waals surface area contributed by atoms with Crippen LogP contribution in [0.1, 0.15) is 18.4 Å². The number of rotatable bonds is 5. The lowest BCUT2D eigenvalue weighted by molar-refractivity contribution is 0.124. The second-order valence-electron chi connectivity index (χ2n) is 6.11. The highest BCUT2D eigenvalue weighted by Gasteiger charge is 2.26. The van der Waals surface area contributed by atoms with Gasteiger partial charge in [0.05, 0.1) is 6.20 Å². The second-order valence-corrected chi connectivity index (χ2v) is 6.11. The zero-order chi connectivity index (χ0) is 17.5. The number of aromatic nitrogens is 1. The molecule has 1 aliphatic rings. The molecule has 3 rings (SSSR count). The molecule has 1 aliphatic heterocycles. The van der Waals surface area contributed by atoms with Gasteiger partial charge in [-0.2, -0.15) is 0 Å². The summed E-state index contributed by atoms with van der Waals surface area (Å²) in [7, 11) is 0. The van der Waals surface area contributed by atoms with Crippen molar-refractivity contribution in [3.05, 3.63) is 60.4 Å². The molecule has 1 saturated heterocycles. The summed E-state index contributed by atoms with van der Waals surface area (Å²) in [5.41, 5.74) is 1.11. The lowest BCUT2D eigenvalue weighted by Crippen LogP contribution is -2.54. The number of pyridine rings is 1. The third-order valence-corrected chi connectivity index (χ3v) is 4.35. The summed E-state index contributed by atoms with van der Waals surface area (Å²) in [6, 6.07) is 13.6. The molecule has 2 N–H and O–H groups in total. The van der Waals surface area contributed by atoms with Crippen molar-refractivity contribution in [3.63, 3.8) is 0 Å². The Labute approximate surface area is 148 Å². The van der Waals surface area contributed by atoms with Crippen molar-refractivity contribution in [2.75, 3.05) is 26.2 Å². The molecule has 6 nitrogen and oxygen atoms in total. The number of carbonyl (C=O) groups excluding carboxylic acids is 1. The Balaban J connectivity index is 1.74. The van der Waals surface area contributed by atoms with Crippen LogP contribution in [0, 0.1) is 0 Å². The smallest absolute Gasteiger partial charge is 0.320 e. The van der Waals surface area contributed by atoms with Gasteiger partial charge < -0.3 is 20.3 Å². The van der Waals surface area contributed by atoms with Gasteiger partial charge in [-0.05, 0) is 17.7 Å². The largest absolute Gasteiger partial charge is 0.468 e. The van der Waals surface area contributed by atoms with Crippen LogP contribution < -0.4 is 15.4 Å². The van der Waals surface area contributed by atoms with Crippen molar-refractivity contribution in [1.82, 2.24) is 20.5 Å². The average Bonchev–Trinajstić information content (AvgIpc) is 2.69. The van der Waals surface area contributed by atoms with E-state index in [9.17, 15) is 4.79 Å². The van der Waals surface area contributed by atoms with E-state index in [-0.39, 0.29) is 11.9 Å². The van der Waals surface area contributed by atoms with Gasteiger partial charge in [0.25, 0.3) is 0 Å². The Morgan fingerprint density at radius 1 is 1.20 bits per heavy atom. The number of carbonyl (C=O) groups is 1. The fourth-order valence-electron chi connectivity index (χ4n) is 2.83. The van der Waals surface area contributed by atoms with E-state index in [2.05, 4.69) is 22.5 Å². The highest BCUT2D eigenvalue weighted by molar-refractivity contribution is 5.74. The van der Waals surface area contributed by atoms with Crippen LogP contribution in [0.3, 0.4) is 0 Å². The van der Waals surface area contributed by atoms with Crippen LogP contribution in [0.4, 0.5) is 4.79 Å². The van der Waals surface area contributed by atoms with Crippen molar-refractivity contribution >= 4 is 6.03 Å². The van der Waals surface area contributed by atoms with Crippen molar-refractivity contribution in [3.8, 4) is 5.75 Å². The SMILES string of the molecule is C[C@@H](c1ccccc1)[C@@H](NC(=O)N1CCNCC1)Oc1cccnc1. The van der Waals surface area contributed by atoms with Crippen LogP contribution in [0.2, 0.25) is 0 Å². The molecular weight excluding hydrogens is 316 g/mol. The van der Waals surface area contributed by atoms with Gasteiger partial charge in [0.1, 0.15) is 5.75 Å². The number of amides is 2. The van der Waals surface area contributed by atoms with Crippen molar-refractivity contribution in [2.24, 2.45) is 0 Å². The van der Waals surface area contributed by atoms with E-state index in [1.54, 1.807) is 12.4 Å². The third kappa shape index (κ3) is 4.70. The summed E-state index contributed by atoms with van der Waals surface area (Å²) in [5, 5.41) is 6.29. The van der Waals surface area contributed by atoms with Gasteiger partial charge in [-0.15, -0.1) is 0 Å². The maximum atomic E-state index is 12.6. The van der Waals surface area contributed by atoms with E-state index in [1.807, 2.05) is 47.4 Å². The molecule has 2 heterocycles. The number of benzene rings is 1. The minimum Gasteiger partial charge on any atom is -0.468 e. The Kier molecular flexibility index (Phi) is 5.85. The van der Waals surface area contributed by atoms with Gasteiger partial charge in [-0.25, -0.2) is 4.79 Å². The molecule has 6 heteroatoms. The highest BCUT2D eigenvalue weighted by Crippen LogP contribution is 2.22. The predicted octanol–water partition coefficient (Wildman–Crippen LogP) is 2.21. The normalized spacial score (nSPS) is 16.8. The zero-order valence-electron chi connectivity index (χ0n) is 14.4. The van der Waals surface area contributed by atoms with Gasteiger partial charge in [-0.3, -0.25) is 4.98 Å². The summed E-state index contributed by atoms with van der Waals surface area (Å²) in [4.78, 5) is 18.5. The fourth-order valence-corrected chi connectivity index (χ4v) is 2.83. The molecule has 2 aromatic rings. The third-order valence-electron chi connectivity index (χ3n) is 4.35. The van der Waals surface area contributed by atoms with Crippen molar-refractivity contribution in [2.45, 2.75) is 19.1 Å². The first-order valence-electron chi connectivity index (χ1n) is 8.62. The lowest BCUT2D eigenvalue weighted by Gasteiger charge is -2.32. The quantitative estimate of drug-likeness (QED) is 0.819. The summed E-state index contributed by atoms with van der Waals surface area (Å²) in [6.07, 6.45) is 2.87. The summed E-state index contributed by atoms with van der Waals surface area (Å²) in [6.45, 7) is 5.08. The zero-order valence-corrected chi connectivity index (χ0v) is 14.4. The lowest BCUT2D eigenvalue weighted by atomic mass is 9.99. The van der Waals surface area contributed by atoms with Crippen LogP contribution in [0.5, 0.6) is 5.75 Å². The number of nitrogens with zero attached hydrogens (tertiary/aromatic N) is 2. The first-order chi connectivity index (χ1) is 12.2. The summed E-state index contributed by atoms with van der Waals surface area (Å²) < 4.78 is 6.06. The van der Waals surface area contributed by atoms with E-state index >= 15 is 0 Å². The number of nitrogens with one attached hydrogen (secondary N) is 2. The van der Waals surface area contributed by atoms with E-state index in [0.717, 1.165) is 18.7 Å². The van der Waals surface area contributed by atoms with Gasteiger partial charge in [0, 0.05) is 38.3 Å². The minimum atomic E-state index is -0.478. The van der Waals surface area contributed by atoms with Gasteiger partial charge in [0.2, 0.25) is 0 Å². The molecule has 1 fully saturated rings. The van der Waals surface area contributed by atoms with Gasteiger partial charge in [0.15, 0.2) is 6.23 Å². The predicted molar refractivity (Wildman–Crippen MR) is 96.5 cm³/mol. The standard InChI is InChI=1S/C19H24N4O2/c1-15(16-6-3-2-4-7-16)18(25-17-8-5-9-21-14-17)22-19(24)23-12-10-20-11-13-23/h2-9,14-15,18,20H,10-13H2,1H3,(H,22,24)/t15-,18-/m0/s1. The molecule has 0 unspecified atom stereocenters. The van der Waals surface area contributed by atoms with E-state index in [1.165, 1.54) is 0 Å². The van der Waals surface area contributed by atoms with Crippen LogP contribution in [0.25, 0.3) is 0 Å². The highest BCUT2D eigenvalue weighted by atomic mass is 16.5. The van der Waals surface area contributed by atoms with E-state index < -0.39 is 6.23 Å². The topological polar surface area (TPSA) is 66.5 Å². The molecule has 0 bridgehead atoms. The molecule has 2 amide bonds. The molecular formula is C19H24N4O2. The monoisotopic (exact) mass is 340 g/mol. The van der Waals surface area contributed by atoms with Gasteiger partial charge in [-0.1, -0.05) is 37.3 Å². The number of hydrogen-bond donors (Lipinski definition) is 2. The molecule has 0 spiro atoms. The number of hydrogen-bond acceptors (Lipinski definition) is 4. The van der Waals surface area contributed by atoms with Crippen LogP contribution in [-0.4, -0.2) is 48.3 Å².